The summed E-state index contributed by atoms with van der Waals surface area (Å²) in [7, 11) is 0. The van der Waals surface area contributed by atoms with E-state index >= 15 is 0 Å². The molecular formula is C18H25NO. The minimum absolute atomic E-state index is 0.0549. The summed E-state index contributed by atoms with van der Waals surface area (Å²) < 4.78 is 6.38. The van der Waals surface area contributed by atoms with Crippen molar-refractivity contribution in [2.24, 2.45) is 0 Å². The van der Waals surface area contributed by atoms with Gasteiger partial charge in [-0.15, -0.1) is 0 Å². The monoisotopic (exact) mass is 271 g/mol. The van der Waals surface area contributed by atoms with Crippen LogP contribution in [-0.4, -0.2) is 29.6 Å². The van der Waals surface area contributed by atoms with Gasteiger partial charge in [0, 0.05) is 12.5 Å². The van der Waals surface area contributed by atoms with E-state index in [0.717, 1.165) is 11.8 Å². The molecule has 2 heterocycles. The molecule has 3 aliphatic rings. The molecule has 108 valence electrons. The summed E-state index contributed by atoms with van der Waals surface area (Å²) >= 11 is 0. The van der Waals surface area contributed by atoms with Crippen LogP contribution < -0.4 is 4.74 Å². The van der Waals surface area contributed by atoms with Gasteiger partial charge in [0.05, 0.1) is 0 Å². The fourth-order valence-electron chi connectivity index (χ4n) is 4.66. The summed E-state index contributed by atoms with van der Waals surface area (Å²) in [6.45, 7) is 4.93. The van der Waals surface area contributed by atoms with E-state index < -0.39 is 0 Å². The lowest BCUT2D eigenvalue weighted by atomic mass is 9.71. The molecule has 0 amide bonds. The Hall–Kier alpha value is -1.02. The average molecular weight is 271 g/mol. The van der Waals surface area contributed by atoms with Gasteiger partial charge >= 0.3 is 0 Å². The zero-order valence-electron chi connectivity index (χ0n) is 12.5. The first-order valence-electron chi connectivity index (χ1n) is 8.26. The lowest BCUT2D eigenvalue weighted by molar-refractivity contribution is -0.0241. The van der Waals surface area contributed by atoms with Crippen molar-refractivity contribution in [2.75, 3.05) is 13.1 Å². The van der Waals surface area contributed by atoms with Gasteiger partial charge in [-0.1, -0.05) is 24.6 Å². The molecule has 2 fully saturated rings. The number of hydrogen-bond donors (Lipinski definition) is 0. The van der Waals surface area contributed by atoms with Gasteiger partial charge in [-0.3, -0.25) is 0 Å². The van der Waals surface area contributed by atoms with Crippen LogP contribution in [0.4, 0.5) is 0 Å². The van der Waals surface area contributed by atoms with E-state index in [4.69, 9.17) is 4.74 Å². The summed E-state index contributed by atoms with van der Waals surface area (Å²) in [4.78, 5) is 2.74. The van der Waals surface area contributed by atoms with Crippen LogP contribution in [0.15, 0.2) is 24.3 Å². The molecular weight excluding hydrogens is 246 g/mol. The van der Waals surface area contributed by atoms with E-state index in [0.29, 0.717) is 5.92 Å². The van der Waals surface area contributed by atoms with Crippen LogP contribution in [0.5, 0.6) is 5.75 Å². The van der Waals surface area contributed by atoms with Crippen molar-refractivity contribution < 1.29 is 4.74 Å². The number of ether oxygens (including phenoxy) is 1. The molecule has 0 radical (unpaired) electrons. The van der Waals surface area contributed by atoms with Gasteiger partial charge in [0.2, 0.25) is 0 Å². The maximum absolute atomic E-state index is 6.38. The van der Waals surface area contributed by atoms with Gasteiger partial charge in [0.15, 0.2) is 0 Å². The van der Waals surface area contributed by atoms with Crippen molar-refractivity contribution in [1.29, 1.82) is 0 Å². The third-order valence-electron chi connectivity index (χ3n) is 5.52. The second kappa shape index (κ2) is 4.77. The molecule has 2 aliphatic heterocycles. The van der Waals surface area contributed by atoms with E-state index in [1.54, 1.807) is 0 Å². The molecule has 1 saturated carbocycles. The third-order valence-corrected chi connectivity index (χ3v) is 5.52. The number of fused-ring (bicyclic) bond motifs is 4. The highest BCUT2D eigenvalue weighted by Crippen LogP contribution is 2.49. The molecule has 1 aromatic carbocycles. The predicted octanol–water partition coefficient (Wildman–Crippen LogP) is 3.96. The average Bonchev–Trinajstić information content (AvgIpc) is 2.47. The Morgan fingerprint density at radius 2 is 1.90 bits per heavy atom. The molecule has 0 N–H and O–H groups in total. The fourth-order valence-corrected chi connectivity index (χ4v) is 4.66. The Kier molecular flexibility index (Phi) is 3.03. The maximum atomic E-state index is 6.38. The van der Waals surface area contributed by atoms with Crippen molar-refractivity contribution in [3.8, 4) is 5.75 Å². The summed E-state index contributed by atoms with van der Waals surface area (Å²) in [5, 5.41) is 0. The summed E-state index contributed by atoms with van der Waals surface area (Å²) in [5.41, 5.74) is 1.51. The van der Waals surface area contributed by atoms with Crippen LogP contribution in [0.2, 0.25) is 0 Å². The van der Waals surface area contributed by atoms with E-state index in [-0.39, 0.29) is 5.60 Å². The van der Waals surface area contributed by atoms with Gasteiger partial charge in [-0.25, -0.2) is 0 Å². The topological polar surface area (TPSA) is 12.5 Å². The summed E-state index contributed by atoms with van der Waals surface area (Å²) in [6, 6.07) is 9.42. The molecule has 0 aromatic heterocycles. The number of rotatable bonds is 1. The Labute approximate surface area is 122 Å². The van der Waals surface area contributed by atoms with Gasteiger partial charge < -0.3 is 9.64 Å². The van der Waals surface area contributed by atoms with E-state index in [9.17, 15) is 0 Å². The summed E-state index contributed by atoms with van der Waals surface area (Å²) in [6.07, 6.45) is 7.93. The Morgan fingerprint density at radius 3 is 2.75 bits per heavy atom. The molecule has 2 nitrogen and oxygen atoms in total. The first-order valence-corrected chi connectivity index (χ1v) is 8.26. The number of para-hydroxylation sites is 1. The smallest absolute Gasteiger partial charge is 0.123 e. The van der Waals surface area contributed by atoms with Crippen molar-refractivity contribution >= 4 is 0 Å². The van der Waals surface area contributed by atoms with E-state index in [1.165, 1.54) is 57.2 Å². The largest absolute Gasteiger partial charge is 0.487 e. The highest BCUT2D eigenvalue weighted by atomic mass is 16.5. The third kappa shape index (κ3) is 2.14. The minimum Gasteiger partial charge on any atom is -0.487 e. The Bertz CT molecular complexity index is 494. The molecule has 3 unspecified atom stereocenters. The number of likely N-dealkylation sites (tertiary alicyclic amines) is 1. The Morgan fingerprint density at radius 1 is 1.10 bits per heavy atom. The van der Waals surface area contributed by atoms with E-state index in [1.807, 2.05) is 0 Å². The predicted molar refractivity (Wildman–Crippen MR) is 81.3 cm³/mol. The normalized spacial score (nSPS) is 37.0. The van der Waals surface area contributed by atoms with Gasteiger partial charge in [0.1, 0.15) is 11.4 Å². The second-order valence-corrected chi connectivity index (χ2v) is 7.18. The van der Waals surface area contributed by atoms with Crippen molar-refractivity contribution in [1.82, 2.24) is 4.90 Å². The van der Waals surface area contributed by atoms with Gasteiger partial charge in [0.25, 0.3) is 0 Å². The lowest BCUT2D eigenvalue weighted by Gasteiger charge is -2.50. The first kappa shape index (κ1) is 12.7. The second-order valence-electron chi connectivity index (χ2n) is 7.18. The molecule has 2 heteroatoms. The molecule has 1 saturated heterocycles. The highest BCUT2D eigenvalue weighted by Gasteiger charge is 2.45. The zero-order valence-corrected chi connectivity index (χ0v) is 12.5. The standard InChI is InChI=1S/C18H25NO/c1-18-12-14(16-7-3-4-8-17(16)20-18)11-15(13-18)19-9-5-2-6-10-19/h3-4,7-8,14-15H,2,5-6,9-13H2,1H3. The van der Waals surface area contributed by atoms with Crippen molar-refractivity contribution in [2.45, 2.75) is 63.0 Å². The van der Waals surface area contributed by atoms with Crippen LogP contribution in [0.1, 0.15) is 56.9 Å². The maximum Gasteiger partial charge on any atom is 0.123 e. The molecule has 4 rings (SSSR count). The zero-order chi connectivity index (χ0) is 13.6. The molecule has 1 aromatic rings. The van der Waals surface area contributed by atoms with E-state index in [2.05, 4.69) is 36.1 Å². The number of benzene rings is 1. The molecule has 2 bridgehead atoms. The first-order chi connectivity index (χ1) is 9.73. The van der Waals surface area contributed by atoms with Crippen LogP contribution in [0.3, 0.4) is 0 Å². The van der Waals surface area contributed by atoms with Gasteiger partial charge in [-0.05, 0) is 63.2 Å². The molecule has 0 spiro atoms. The van der Waals surface area contributed by atoms with Crippen LogP contribution in [0, 0.1) is 0 Å². The Balaban J connectivity index is 1.61. The van der Waals surface area contributed by atoms with Crippen LogP contribution >= 0.6 is 0 Å². The molecule has 20 heavy (non-hydrogen) atoms. The lowest BCUT2D eigenvalue weighted by Crippen LogP contribution is -2.52. The number of nitrogens with zero attached hydrogens (tertiary/aromatic N) is 1. The number of piperidine rings is 1. The SMILES string of the molecule is CC12CC(CC(N3CCCCC3)C1)c1ccccc1O2. The van der Waals surface area contributed by atoms with Crippen molar-refractivity contribution in [3.63, 3.8) is 0 Å². The molecule has 1 aliphatic carbocycles. The van der Waals surface area contributed by atoms with Crippen LogP contribution in [-0.2, 0) is 0 Å². The summed E-state index contributed by atoms with van der Waals surface area (Å²) in [5.74, 6) is 1.84. The highest BCUT2D eigenvalue weighted by molar-refractivity contribution is 5.40. The number of hydrogen-bond acceptors (Lipinski definition) is 2. The minimum atomic E-state index is 0.0549. The quantitative estimate of drug-likeness (QED) is 0.766. The van der Waals surface area contributed by atoms with Crippen molar-refractivity contribution in [3.05, 3.63) is 29.8 Å². The fraction of sp³-hybridized carbons (Fsp3) is 0.667. The molecule has 3 atom stereocenters. The van der Waals surface area contributed by atoms with Crippen LogP contribution in [0.25, 0.3) is 0 Å². The van der Waals surface area contributed by atoms with Gasteiger partial charge in [-0.2, -0.15) is 0 Å².